The summed E-state index contributed by atoms with van der Waals surface area (Å²) in [7, 11) is 1.69. The number of ether oxygens (including phenoxy) is 2. The first-order chi connectivity index (χ1) is 13.6. The van der Waals surface area contributed by atoms with Crippen LogP contribution in [0.4, 0.5) is 8.78 Å². The van der Waals surface area contributed by atoms with Crippen molar-refractivity contribution in [2.45, 2.75) is 13.5 Å². The summed E-state index contributed by atoms with van der Waals surface area (Å²) in [4.78, 5) is 4.96. The Bertz CT molecular complexity index is 994. The highest BCUT2D eigenvalue weighted by atomic mass is 32.1. The van der Waals surface area contributed by atoms with Gasteiger partial charge in [0.2, 0.25) is 4.80 Å². The average molecular weight is 403 g/mol. The molecule has 8 heteroatoms. The van der Waals surface area contributed by atoms with Gasteiger partial charge in [0.15, 0.2) is 0 Å². The van der Waals surface area contributed by atoms with Crippen LogP contribution in [0.3, 0.4) is 0 Å². The Morgan fingerprint density at radius 2 is 1.75 bits per heavy atom. The van der Waals surface area contributed by atoms with Gasteiger partial charge in [0, 0.05) is 18.0 Å². The molecule has 0 saturated carbocycles. The highest BCUT2D eigenvalue weighted by Crippen LogP contribution is 2.24. The van der Waals surface area contributed by atoms with Crippen LogP contribution in [0.1, 0.15) is 12.5 Å². The van der Waals surface area contributed by atoms with Crippen molar-refractivity contribution >= 4 is 17.6 Å². The van der Waals surface area contributed by atoms with Crippen LogP contribution in [0.15, 0.2) is 64.0 Å². The largest absolute Gasteiger partial charge is 0.494 e. The lowest BCUT2D eigenvalue weighted by Crippen LogP contribution is -2.11. The Kier molecular flexibility index (Phi) is 6.54. The van der Waals surface area contributed by atoms with Gasteiger partial charge in [0.25, 0.3) is 0 Å². The van der Waals surface area contributed by atoms with Gasteiger partial charge in [-0.3, -0.25) is 4.99 Å². The Hall–Kier alpha value is -3.00. The third kappa shape index (κ3) is 4.83. The van der Waals surface area contributed by atoms with Crippen molar-refractivity contribution in [3.05, 3.63) is 64.3 Å². The highest BCUT2D eigenvalue weighted by molar-refractivity contribution is 7.07. The van der Waals surface area contributed by atoms with E-state index in [4.69, 9.17) is 4.74 Å². The first-order valence-electron chi connectivity index (χ1n) is 8.56. The van der Waals surface area contributed by atoms with E-state index in [1.54, 1.807) is 30.1 Å². The number of benzene rings is 2. The van der Waals surface area contributed by atoms with Crippen molar-refractivity contribution < 1.29 is 18.3 Å². The molecular formula is C20H19F2N3O2S. The minimum absolute atomic E-state index is 0.110. The molecule has 3 aromatic rings. The summed E-state index contributed by atoms with van der Waals surface area (Å²) in [6.07, 6.45) is 1.73. The molecule has 0 aliphatic heterocycles. The molecule has 0 unspecified atom stereocenters. The summed E-state index contributed by atoms with van der Waals surface area (Å²) in [5.41, 5.74) is 2.53. The number of nitrogens with zero attached hydrogens (tertiary/aromatic N) is 3. The van der Waals surface area contributed by atoms with Crippen molar-refractivity contribution in [2.24, 2.45) is 10.1 Å². The maximum Gasteiger partial charge on any atom is 0.387 e. The van der Waals surface area contributed by atoms with E-state index in [1.165, 1.54) is 23.5 Å². The minimum Gasteiger partial charge on any atom is -0.494 e. The molecular weight excluding hydrogens is 384 g/mol. The smallest absolute Gasteiger partial charge is 0.387 e. The summed E-state index contributed by atoms with van der Waals surface area (Å²) < 4.78 is 36.2. The summed E-state index contributed by atoms with van der Waals surface area (Å²) in [6.45, 7) is -0.294. The molecule has 0 atom stereocenters. The zero-order chi connectivity index (χ0) is 19.9. The molecule has 0 fully saturated rings. The van der Waals surface area contributed by atoms with Gasteiger partial charge in [-0.05, 0) is 61.0 Å². The van der Waals surface area contributed by atoms with Crippen LogP contribution in [0.5, 0.6) is 11.5 Å². The number of hydrogen-bond acceptors (Lipinski definition) is 5. The second-order valence-electron chi connectivity index (χ2n) is 5.59. The van der Waals surface area contributed by atoms with Crippen LogP contribution < -0.4 is 14.3 Å². The number of aromatic nitrogens is 1. The zero-order valence-electron chi connectivity index (χ0n) is 15.4. The van der Waals surface area contributed by atoms with Gasteiger partial charge in [-0.1, -0.05) is 0 Å². The summed E-state index contributed by atoms with van der Waals surface area (Å²) in [5, 5.41) is 6.46. The second kappa shape index (κ2) is 9.27. The number of alkyl halides is 2. The first kappa shape index (κ1) is 19.8. The normalized spacial score (nSPS) is 12.1. The van der Waals surface area contributed by atoms with Gasteiger partial charge < -0.3 is 9.47 Å². The Morgan fingerprint density at radius 1 is 1.07 bits per heavy atom. The maximum absolute atomic E-state index is 12.3. The van der Waals surface area contributed by atoms with Crippen molar-refractivity contribution in [1.29, 1.82) is 0 Å². The number of hydrogen-bond donors (Lipinski definition) is 0. The molecule has 3 rings (SSSR count). The maximum atomic E-state index is 12.3. The van der Waals surface area contributed by atoms with Gasteiger partial charge in [-0.2, -0.15) is 13.9 Å². The van der Waals surface area contributed by atoms with Crippen LogP contribution in [0, 0.1) is 0 Å². The summed E-state index contributed by atoms with van der Waals surface area (Å²) >= 11 is 1.44. The molecule has 1 aromatic heterocycles. The Balaban J connectivity index is 1.88. The van der Waals surface area contributed by atoms with E-state index >= 15 is 0 Å². The van der Waals surface area contributed by atoms with Gasteiger partial charge in [0.1, 0.15) is 11.5 Å². The fourth-order valence-electron chi connectivity index (χ4n) is 2.51. The van der Waals surface area contributed by atoms with E-state index in [9.17, 15) is 8.78 Å². The molecule has 0 N–H and O–H groups in total. The van der Waals surface area contributed by atoms with Gasteiger partial charge in [0.05, 0.1) is 18.5 Å². The number of rotatable bonds is 7. The fourth-order valence-corrected chi connectivity index (χ4v) is 3.31. The van der Waals surface area contributed by atoms with Gasteiger partial charge in [-0.25, -0.2) is 4.68 Å². The average Bonchev–Trinajstić information content (AvgIpc) is 3.11. The molecule has 0 amide bonds. The molecule has 2 aromatic carbocycles. The molecule has 5 nitrogen and oxygen atoms in total. The molecule has 146 valence electrons. The molecule has 0 spiro atoms. The Labute approximate surface area is 165 Å². The molecule has 0 radical (unpaired) electrons. The van der Waals surface area contributed by atoms with Crippen LogP contribution in [0.2, 0.25) is 0 Å². The number of thiazole rings is 1. The molecule has 0 bridgehead atoms. The predicted molar refractivity (Wildman–Crippen MR) is 106 cm³/mol. The molecule has 0 saturated heterocycles. The van der Waals surface area contributed by atoms with E-state index in [2.05, 4.69) is 14.8 Å². The van der Waals surface area contributed by atoms with E-state index < -0.39 is 6.61 Å². The van der Waals surface area contributed by atoms with Crippen molar-refractivity contribution in [3.63, 3.8) is 0 Å². The van der Waals surface area contributed by atoms with E-state index in [1.807, 2.05) is 36.6 Å². The lowest BCUT2D eigenvalue weighted by molar-refractivity contribution is -0.0498. The second-order valence-corrected chi connectivity index (χ2v) is 6.42. The summed E-state index contributed by atoms with van der Waals surface area (Å²) in [6, 6.07) is 14.0. The topological polar surface area (TPSA) is 48.1 Å². The molecule has 0 aliphatic carbocycles. The van der Waals surface area contributed by atoms with Crippen LogP contribution in [-0.2, 0) is 0 Å². The SMILES string of the molecule is CCOc1ccc(/C=N/n2c(-c3ccc(OC(F)F)cc3)csc2=NC)cc1. The van der Waals surface area contributed by atoms with Gasteiger partial charge >= 0.3 is 6.61 Å². The highest BCUT2D eigenvalue weighted by Gasteiger charge is 2.09. The molecule has 0 aliphatic rings. The van der Waals surface area contributed by atoms with E-state index in [0.29, 0.717) is 11.4 Å². The minimum atomic E-state index is -2.85. The Morgan fingerprint density at radius 3 is 2.36 bits per heavy atom. The van der Waals surface area contributed by atoms with Crippen molar-refractivity contribution in [3.8, 4) is 22.8 Å². The lowest BCUT2D eigenvalue weighted by Gasteiger charge is -2.07. The summed E-state index contributed by atoms with van der Waals surface area (Å²) in [5.74, 6) is 0.915. The predicted octanol–water partition coefficient (Wildman–Crippen LogP) is 4.63. The van der Waals surface area contributed by atoms with Crippen LogP contribution in [-0.4, -0.2) is 31.2 Å². The quantitative estimate of drug-likeness (QED) is 0.540. The van der Waals surface area contributed by atoms with Crippen molar-refractivity contribution in [1.82, 2.24) is 4.68 Å². The lowest BCUT2D eigenvalue weighted by atomic mass is 10.2. The monoisotopic (exact) mass is 403 g/mol. The fraction of sp³-hybridized carbons (Fsp3) is 0.200. The first-order valence-corrected chi connectivity index (χ1v) is 9.44. The molecule has 1 heterocycles. The number of halogens is 2. The zero-order valence-corrected chi connectivity index (χ0v) is 16.2. The van der Waals surface area contributed by atoms with E-state index in [0.717, 1.165) is 22.6 Å². The third-order valence-electron chi connectivity index (χ3n) is 3.77. The van der Waals surface area contributed by atoms with Crippen LogP contribution in [0.25, 0.3) is 11.3 Å². The van der Waals surface area contributed by atoms with Crippen molar-refractivity contribution in [2.75, 3.05) is 13.7 Å². The van der Waals surface area contributed by atoms with Crippen LogP contribution >= 0.6 is 11.3 Å². The van der Waals surface area contributed by atoms with E-state index in [-0.39, 0.29) is 5.75 Å². The molecule has 28 heavy (non-hydrogen) atoms. The third-order valence-corrected chi connectivity index (χ3v) is 4.67. The van der Waals surface area contributed by atoms with Gasteiger partial charge in [-0.15, -0.1) is 11.3 Å². The standard InChI is InChI=1S/C20H19F2N3O2S/c1-3-26-16-8-4-14(5-9-16)12-24-25-18(13-28-20(25)23-2)15-6-10-17(11-7-15)27-19(21)22/h4-13,19H,3H2,1-2H3/b23-20?,24-12+.